The van der Waals surface area contributed by atoms with Gasteiger partial charge in [-0.15, -0.1) is 0 Å². The minimum absolute atomic E-state index is 0.0476. The van der Waals surface area contributed by atoms with Crippen LogP contribution in [0.1, 0.15) is 51.5 Å². The molecule has 0 aliphatic carbocycles. The van der Waals surface area contributed by atoms with Gasteiger partial charge in [0.15, 0.2) is 5.84 Å². The van der Waals surface area contributed by atoms with Crippen LogP contribution in [-0.2, 0) is 19.2 Å². The third-order valence-corrected chi connectivity index (χ3v) is 5.13. The second kappa shape index (κ2) is 13.0. The maximum Gasteiger partial charge on any atom is 0.430 e. The van der Waals surface area contributed by atoms with Crippen LogP contribution in [0.2, 0.25) is 0 Å². The third-order valence-electron chi connectivity index (χ3n) is 5.13. The molecule has 12 heteroatoms. The molecular weight excluding hydrogens is 444 g/mol. The maximum absolute atomic E-state index is 12.7. The fourth-order valence-electron chi connectivity index (χ4n) is 3.35. The van der Waals surface area contributed by atoms with E-state index in [4.69, 9.17) is 16.2 Å². The second-order valence-electron chi connectivity index (χ2n) is 7.86. The van der Waals surface area contributed by atoms with Crippen LogP contribution in [0, 0.1) is 0 Å². The van der Waals surface area contributed by atoms with E-state index < -0.39 is 18.2 Å². The average molecular weight is 477 g/mol. The van der Waals surface area contributed by atoms with Crippen molar-refractivity contribution >= 4 is 35.5 Å². The van der Waals surface area contributed by atoms with Crippen molar-refractivity contribution in [3.63, 3.8) is 0 Å². The molecule has 0 bridgehead atoms. The summed E-state index contributed by atoms with van der Waals surface area (Å²) in [4.78, 5) is 53.1. The van der Waals surface area contributed by atoms with Gasteiger partial charge in [0.1, 0.15) is 6.04 Å². The van der Waals surface area contributed by atoms with Gasteiger partial charge in [0.05, 0.1) is 12.5 Å². The predicted molar refractivity (Wildman–Crippen MR) is 125 cm³/mol. The van der Waals surface area contributed by atoms with Crippen LogP contribution in [0.4, 0.5) is 15.3 Å². The van der Waals surface area contributed by atoms with Gasteiger partial charge < -0.3 is 31.7 Å². The molecule has 1 saturated heterocycles. The summed E-state index contributed by atoms with van der Waals surface area (Å²) in [6.07, 6.45) is 2.08. The molecule has 0 saturated carbocycles. The number of nitrogens with zero attached hydrogens (tertiary/aromatic N) is 2. The Bertz CT molecular complexity index is 904. The van der Waals surface area contributed by atoms with Crippen LogP contribution < -0.4 is 27.0 Å². The van der Waals surface area contributed by atoms with E-state index in [-0.39, 0.29) is 36.8 Å². The highest BCUT2D eigenvalue weighted by Crippen LogP contribution is 2.22. The number of hydrogen-bond donors (Lipinski definition) is 4. The molecule has 186 valence electrons. The van der Waals surface area contributed by atoms with E-state index in [1.54, 1.807) is 24.3 Å². The summed E-state index contributed by atoms with van der Waals surface area (Å²) >= 11 is 0. The van der Waals surface area contributed by atoms with Crippen molar-refractivity contribution in [2.75, 3.05) is 18.0 Å². The summed E-state index contributed by atoms with van der Waals surface area (Å²) in [7, 11) is 0. The summed E-state index contributed by atoms with van der Waals surface area (Å²) in [5, 5.41) is 8.61. The highest BCUT2D eigenvalue weighted by Gasteiger charge is 2.33. The molecule has 0 spiro atoms. The lowest BCUT2D eigenvalue weighted by molar-refractivity contribution is -0.148. The Morgan fingerprint density at radius 3 is 2.59 bits per heavy atom. The number of hydrogen-bond acceptors (Lipinski definition) is 7. The van der Waals surface area contributed by atoms with Gasteiger partial charge in [-0.05, 0) is 44.0 Å². The highest BCUT2D eigenvalue weighted by atomic mass is 16.7. The van der Waals surface area contributed by atoms with Gasteiger partial charge in [-0.25, -0.2) is 9.59 Å². The van der Waals surface area contributed by atoms with E-state index in [1.165, 1.54) is 4.90 Å². The summed E-state index contributed by atoms with van der Waals surface area (Å²) in [6.45, 7) is 4.44. The number of primary amides is 1. The summed E-state index contributed by atoms with van der Waals surface area (Å²) < 4.78 is 5.28. The van der Waals surface area contributed by atoms with E-state index >= 15 is 0 Å². The number of oxime groups is 1. The number of carbonyl (C=O) groups excluding carboxylic acids is 4. The van der Waals surface area contributed by atoms with E-state index in [2.05, 4.69) is 27.6 Å². The third kappa shape index (κ3) is 8.26. The van der Waals surface area contributed by atoms with Crippen molar-refractivity contribution in [2.24, 2.45) is 16.6 Å². The molecule has 0 radical (unpaired) electrons. The molecule has 1 aliphatic heterocycles. The number of amides is 4. The first kappa shape index (κ1) is 26.4. The Labute approximate surface area is 198 Å². The molecule has 1 aliphatic rings. The number of nitrogens with one attached hydrogen (secondary N) is 2. The molecule has 6 N–H and O–H groups in total. The van der Waals surface area contributed by atoms with E-state index in [0.29, 0.717) is 24.2 Å². The molecule has 1 aromatic rings. The predicted octanol–water partition coefficient (Wildman–Crippen LogP) is 1.32. The molecule has 1 fully saturated rings. The largest absolute Gasteiger partial charge is 0.463 e. The van der Waals surface area contributed by atoms with Gasteiger partial charge in [0.25, 0.3) is 0 Å². The van der Waals surface area contributed by atoms with Crippen LogP contribution in [0.15, 0.2) is 29.4 Å². The minimum Gasteiger partial charge on any atom is -0.463 e. The molecule has 34 heavy (non-hydrogen) atoms. The Morgan fingerprint density at radius 1 is 1.24 bits per heavy atom. The fraction of sp³-hybridized carbons (Fsp3) is 0.500. The number of carbonyl (C=O) groups is 4. The van der Waals surface area contributed by atoms with E-state index in [0.717, 1.165) is 19.3 Å². The van der Waals surface area contributed by atoms with Crippen LogP contribution in [-0.4, -0.2) is 55.1 Å². The first-order valence-corrected chi connectivity index (χ1v) is 11.2. The fourth-order valence-corrected chi connectivity index (χ4v) is 3.35. The van der Waals surface area contributed by atoms with Crippen LogP contribution in [0.3, 0.4) is 0 Å². The summed E-state index contributed by atoms with van der Waals surface area (Å²) in [6, 6.07) is 5.34. The zero-order chi connectivity index (χ0) is 25.1. The number of unbranched alkanes of at least 4 members (excludes halogenated alkanes) is 1. The van der Waals surface area contributed by atoms with E-state index in [9.17, 15) is 19.2 Å². The molecule has 0 unspecified atom stereocenters. The minimum atomic E-state index is -1.08. The van der Waals surface area contributed by atoms with Gasteiger partial charge in [0, 0.05) is 24.3 Å². The monoisotopic (exact) mass is 476 g/mol. The van der Waals surface area contributed by atoms with Crippen molar-refractivity contribution < 1.29 is 28.8 Å². The Kier molecular flexibility index (Phi) is 10.1. The number of nitrogens with two attached hydrogens (primary N) is 2. The Morgan fingerprint density at radius 2 is 1.94 bits per heavy atom. The zero-order valence-corrected chi connectivity index (χ0v) is 19.4. The molecule has 4 amide bonds. The van der Waals surface area contributed by atoms with E-state index in [1.807, 2.05) is 6.92 Å². The lowest BCUT2D eigenvalue weighted by Crippen LogP contribution is -2.46. The second-order valence-corrected chi connectivity index (χ2v) is 7.86. The Hall–Kier alpha value is -3.83. The van der Waals surface area contributed by atoms with Gasteiger partial charge in [-0.3, -0.25) is 14.4 Å². The number of amidine groups is 1. The first-order valence-electron chi connectivity index (χ1n) is 11.2. The van der Waals surface area contributed by atoms with Gasteiger partial charge in [-0.1, -0.05) is 24.9 Å². The highest BCUT2D eigenvalue weighted by molar-refractivity contribution is 6.02. The number of ether oxygens (including phenoxy) is 1. The normalized spacial score (nSPS) is 16.6. The number of urea groups is 1. The van der Waals surface area contributed by atoms with Gasteiger partial charge in [-0.2, -0.15) is 0 Å². The topological polar surface area (TPSA) is 178 Å². The van der Waals surface area contributed by atoms with Crippen molar-refractivity contribution in [2.45, 2.75) is 58.1 Å². The van der Waals surface area contributed by atoms with Crippen molar-refractivity contribution in [3.8, 4) is 0 Å². The molecule has 1 heterocycles. The van der Waals surface area contributed by atoms with Crippen molar-refractivity contribution in [1.29, 1.82) is 0 Å². The lowest BCUT2D eigenvalue weighted by Gasteiger charge is -2.18. The van der Waals surface area contributed by atoms with Crippen molar-refractivity contribution in [1.82, 2.24) is 10.6 Å². The van der Waals surface area contributed by atoms with Gasteiger partial charge >= 0.3 is 18.1 Å². The summed E-state index contributed by atoms with van der Waals surface area (Å²) in [5.41, 5.74) is 11.6. The molecule has 2 rings (SSSR count). The van der Waals surface area contributed by atoms with Gasteiger partial charge in [0.2, 0.25) is 5.91 Å². The lowest BCUT2D eigenvalue weighted by atomic mass is 10.2. The number of rotatable bonds is 11. The SMILES string of the molecule is CCCC[C@H](C)OC(=O)CCNC(=O)N[C@H]1CCN(c2ccc(/C(N)=N/OC(N)=O)cc2)C1=O. The molecule has 2 atom stereocenters. The maximum atomic E-state index is 12.7. The summed E-state index contributed by atoms with van der Waals surface area (Å²) in [5.74, 6) is -0.679. The molecular formula is C22H32N6O6. The standard InChI is InChI=1S/C22H32N6O6/c1-3-4-5-14(2)33-18(29)10-12-25-22(32)26-17-11-13-28(20(17)30)16-8-6-15(7-9-16)19(23)27-34-21(24)31/h6-9,14,17H,3-5,10-13H2,1-2H3,(H2,23,27)(H2,24,31)(H2,25,26,32)/t14-,17-/m0/s1. The van der Waals surface area contributed by atoms with Crippen LogP contribution in [0.25, 0.3) is 0 Å². The molecule has 1 aromatic carbocycles. The number of benzene rings is 1. The Balaban J connectivity index is 1.78. The van der Waals surface area contributed by atoms with Crippen LogP contribution >= 0.6 is 0 Å². The smallest absolute Gasteiger partial charge is 0.430 e. The molecule has 12 nitrogen and oxygen atoms in total. The van der Waals surface area contributed by atoms with Crippen molar-refractivity contribution in [3.05, 3.63) is 29.8 Å². The average Bonchev–Trinajstić information content (AvgIpc) is 3.15. The first-order chi connectivity index (χ1) is 16.2. The number of esters is 1. The van der Waals surface area contributed by atoms with Crippen LogP contribution in [0.5, 0.6) is 0 Å². The zero-order valence-electron chi connectivity index (χ0n) is 19.4. The molecule has 0 aromatic heterocycles. The number of anilines is 1. The quantitative estimate of drug-likeness (QED) is 0.122.